The second kappa shape index (κ2) is 8.06. The summed E-state index contributed by atoms with van der Waals surface area (Å²) in [4.78, 5) is 12.0. The number of rotatable bonds is 6. The molecule has 0 radical (unpaired) electrons. The number of allylic oxidation sites excluding steroid dienone is 1. The Labute approximate surface area is 146 Å². The van der Waals surface area contributed by atoms with Crippen LogP contribution in [0.4, 0.5) is 4.39 Å². The summed E-state index contributed by atoms with van der Waals surface area (Å²) < 4.78 is 18.6. The van der Waals surface area contributed by atoms with Crippen LogP contribution in [0.3, 0.4) is 0 Å². The summed E-state index contributed by atoms with van der Waals surface area (Å²) in [5, 5.41) is 0. The van der Waals surface area contributed by atoms with Gasteiger partial charge in [-0.15, -0.1) is 0 Å². The molecule has 0 spiro atoms. The van der Waals surface area contributed by atoms with Crippen LogP contribution in [0.25, 0.3) is 6.08 Å². The van der Waals surface area contributed by atoms with Gasteiger partial charge in [0.25, 0.3) is 0 Å². The lowest BCUT2D eigenvalue weighted by molar-refractivity contribution is 0.104. The Kier molecular flexibility index (Phi) is 5.37. The van der Waals surface area contributed by atoms with Crippen LogP contribution in [-0.4, -0.2) is 5.78 Å². The third-order valence-corrected chi connectivity index (χ3v) is 3.68. The smallest absolute Gasteiger partial charge is 0.185 e. The number of benzene rings is 3. The van der Waals surface area contributed by atoms with Crippen LogP contribution >= 0.6 is 0 Å². The van der Waals surface area contributed by atoms with Crippen LogP contribution < -0.4 is 4.74 Å². The first kappa shape index (κ1) is 16.7. The van der Waals surface area contributed by atoms with E-state index in [9.17, 15) is 9.18 Å². The SMILES string of the molecule is O=C(C=Cc1ccc(OCc2ccccc2)cc1)c1ccc(F)cc1. The maximum atomic E-state index is 12.9. The summed E-state index contributed by atoms with van der Waals surface area (Å²) in [6.45, 7) is 0.513. The van der Waals surface area contributed by atoms with E-state index in [-0.39, 0.29) is 11.6 Å². The Morgan fingerprint density at radius 3 is 2.24 bits per heavy atom. The van der Waals surface area contributed by atoms with Crippen molar-refractivity contribution in [2.45, 2.75) is 6.61 Å². The Hall–Kier alpha value is -3.20. The molecular weight excluding hydrogens is 315 g/mol. The molecule has 0 amide bonds. The van der Waals surface area contributed by atoms with E-state index in [1.165, 1.54) is 30.3 Å². The van der Waals surface area contributed by atoms with Crippen LogP contribution in [-0.2, 0) is 6.61 Å². The average molecular weight is 332 g/mol. The van der Waals surface area contributed by atoms with E-state index >= 15 is 0 Å². The molecule has 124 valence electrons. The van der Waals surface area contributed by atoms with Crippen LogP contribution in [0.15, 0.2) is 84.9 Å². The molecule has 0 aliphatic carbocycles. The molecule has 0 saturated heterocycles. The van der Waals surface area contributed by atoms with Gasteiger partial charge in [0.1, 0.15) is 18.2 Å². The predicted molar refractivity (Wildman–Crippen MR) is 97.0 cm³/mol. The van der Waals surface area contributed by atoms with E-state index in [1.54, 1.807) is 6.08 Å². The number of ketones is 1. The van der Waals surface area contributed by atoms with Gasteiger partial charge in [-0.05, 0) is 53.6 Å². The lowest BCUT2D eigenvalue weighted by Gasteiger charge is -2.06. The summed E-state index contributed by atoms with van der Waals surface area (Å²) in [6.07, 6.45) is 3.21. The second-order valence-corrected chi connectivity index (χ2v) is 5.55. The third kappa shape index (κ3) is 4.88. The summed E-state index contributed by atoms with van der Waals surface area (Å²) in [7, 11) is 0. The highest BCUT2D eigenvalue weighted by molar-refractivity contribution is 6.06. The van der Waals surface area contributed by atoms with Gasteiger partial charge in [-0.2, -0.15) is 0 Å². The van der Waals surface area contributed by atoms with Gasteiger partial charge in [0, 0.05) is 5.56 Å². The Morgan fingerprint density at radius 1 is 0.880 bits per heavy atom. The van der Waals surface area contributed by atoms with E-state index in [4.69, 9.17) is 4.74 Å². The Bertz CT molecular complexity index is 851. The molecule has 0 fully saturated rings. The average Bonchev–Trinajstić information content (AvgIpc) is 2.67. The summed E-state index contributed by atoms with van der Waals surface area (Å²) in [5.74, 6) is 0.252. The van der Waals surface area contributed by atoms with Crippen molar-refractivity contribution in [3.63, 3.8) is 0 Å². The second-order valence-electron chi connectivity index (χ2n) is 5.55. The van der Waals surface area contributed by atoms with Gasteiger partial charge in [-0.25, -0.2) is 4.39 Å². The van der Waals surface area contributed by atoms with Gasteiger partial charge < -0.3 is 4.74 Å². The minimum absolute atomic E-state index is 0.163. The number of hydrogen-bond donors (Lipinski definition) is 0. The fourth-order valence-electron chi connectivity index (χ4n) is 2.30. The number of carbonyl (C=O) groups excluding carboxylic acids is 1. The van der Waals surface area contributed by atoms with Gasteiger partial charge in [-0.1, -0.05) is 48.5 Å². The minimum Gasteiger partial charge on any atom is -0.489 e. The molecule has 3 aromatic carbocycles. The fraction of sp³-hybridized carbons (Fsp3) is 0.0455. The number of ether oxygens (including phenoxy) is 1. The lowest BCUT2D eigenvalue weighted by atomic mass is 10.1. The predicted octanol–water partition coefficient (Wildman–Crippen LogP) is 5.30. The van der Waals surface area contributed by atoms with Crippen LogP contribution in [0, 0.1) is 5.82 Å². The Balaban J connectivity index is 1.58. The molecule has 0 aromatic heterocycles. The molecular formula is C22H17FO2. The first-order valence-electron chi connectivity index (χ1n) is 7.95. The van der Waals surface area contributed by atoms with Crippen molar-refractivity contribution in [2.24, 2.45) is 0 Å². The zero-order chi connectivity index (χ0) is 17.5. The molecule has 2 nitrogen and oxygen atoms in total. The summed E-state index contributed by atoms with van der Waals surface area (Å²) in [5.41, 5.74) is 2.46. The molecule has 0 unspecified atom stereocenters. The van der Waals surface area contributed by atoms with Crippen LogP contribution in [0.5, 0.6) is 5.75 Å². The number of halogens is 1. The van der Waals surface area contributed by atoms with Crippen molar-refractivity contribution < 1.29 is 13.9 Å². The lowest BCUT2D eigenvalue weighted by Crippen LogP contribution is -1.95. The molecule has 3 rings (SSSR count). The van der Waals surface area contributed by atoms with Crippen molar-refractivity contribution in [2.75, 3.05) is 0 Å². The molecule has 3 heteroatoms. The van der Waals surface area contributed by atoms with Crippen molar-refractivity contribution in [3.8, 4) is 5.75 Å². The van der Waals surface area contributed by atoms with Gasteiger partial charge in [0.15, 0.2) is 5.78 Å². The zero-order valence-corrected chi connectivity index (χ0v) is 13.6. The molecule has 0 aliphatic rings. The van der Waals surface area contributed by atoms with Crippen molar-refractivity contribution in [1.82, 2.24) is 0 Å². The number of hydrogen-bond acceptors (Lipinski definition) is 2. The van der Waals surface area contributed by atoms with E-state index < -0.39 is 0 Å². The van der Waals surface area contributed by atoms with Crippen LogP contribution in [0.1, 0.15) is 21.5 Å². The highest BCUT2D eigenvalue weighted by Gasteiger charge is 2.01. The molecule has 0 bridgehead atoms. The van der Waals surface area contributed by atoms with Gasteiger partial charge in [0.2, 0.25) is 0 Å². The number of carbonyl (C=O) groups is 1. The largest absolute Gasteiger partial charge is 0.489 e. The van der Waals surface area contributed by atoms with Gasteiger partial charge in [-0.3, -0.25) is 4.79 Å². The molecule has 0 heterocycles. The van der Waals surface area contributed by atoms with Crippen molar-refractivity contribution >= 4 is 11.9 Å². The normalized spacial score (nSPS) is 10.8. The quantitative estimate of drug-likeness (QED) is 0.452. The van der Waals surface area contributed by atoms with E-state index in [0.717, 1.165) is 16.9 Å². The van der Waals surface area contributed by atoms with E-state index in [1.807, 2.05) is 54.6 Å². The highest BCUT2D eigenvalue weighted by atomic mass is 19.1. The maximum Gasteiger partial charge on any atom is 0.185 e. The first-order valence-corrected chi connectivity index (χ1v) is 7.95. The van der Waals surface area contributed by atoms with Gasteiger partial charge in [0.05, 0.1) is 0 Å². The first-order chi connectivity index (χ1) is 12.2. The topological polar surface area (TPSA) is 26.3 Å². The molecule has 0 aliphatic heterocycles. The van der Waals surface area contributed by atoms with E-state index in [0.29, 0.717) is 12.2 Å². The zero-order valence-electron chi connectivity index (χ0n) is 13.6. The van der Waals surface area contributed by atoms with E-state index in [2.05, 4.69) is 0 Å². The molecule has 3 aromatic rings. The minimum atomic E-state index is -0.355. The monoisotopic (exact) mass is 332 g/mol. The van der Waals surface area contributed by atoms with Gasteiger partial charge >= 0.3 is 0 Å². The molecule has 0 atom stereocenters. The third-order valence-electron chi connectivity index (χ3n) is 3.68. The maximum absolute atomic E-state index is 12.9. The standard InChI is InChI=1S/C22H17FO2/c23-20-11-9-19(10-12-20)22(24)15-8-17-6-13-21(14-7-17)25-16-18-4-2-1-3-5-18/h1-15H,16H2. The van der Waals surface area contributed by atoms with Crippen LogP contribution in [0.2, 0.25) is 0 Å². The summed E-state index contributed by atoms with van der Waals surface area (Å²) >= 11 is 0. The molecule has 25 heavy (non-hydrogen) atoms. The van der Waals surface area contributed by atoms with Crippen molar-refractivity contribution in [3.05, 3.63) is 107 Å². The summed E-state index contributed by atoms with van der Waals surface area (Å²) in [6, 6.07) is 23.0. The molecule has 0 saturated carbocycles. The van der Waals surface area contributed by atoms with Crippen molar-refractivity contribution in [1.29, 1.82) is 0 Å². The molecule has 0 N–H and O–H groups in total. The highest BCUT2D eigenvalue weighted by Crippen LogP contribution is 2.15. The Morgan fingerprint density at radius 2 is 1.56 bits per heavy atom. The fourth-order valence-corrected chi connectivity index (χ4v) is 2.30.